The van der Waals surface area contributed by atoms with Crippen LogP contribution in [-0.4, -0.2) is 35.1 Å². The van der Waals surface area contributed by atoms with Gasteiger partial charge in [-0.05, 0) is 30.5 Å². The lowest BCUT2D eigenvalue weighted by Crippen LogP contribution is -2.02. The highest BCUT2D eigenvalue weighted by atomic mass is 16.5. The van der Waals surface area contributed by atoms with Crippen molar-refractivity contribution in [1.29, 1.82) is 0 Å². The number of phenols is 1. The minimum Gasteiger partial charge on any atom is -0.508 e. The molecule has 1 aromatic rings. The van der Waals surface area contributed by atoms with Crippen molar-refractivity contribution in [2.24, 2.45) is 0 Å². The van der Waals surface area contributed by atoms with Gasteiger partial charge in [-0.25, -0.2) is 0 Å². The van der Waals surface area contributed by atoms with Crippen LogP contribution in [0.4, 0.5) is 0 Å². The van der Waals surface area contributed by atoms with Crippen LogP contribution in [-0.2, 0) is 17.8 Å². The molecule has 0 aliphatic carbocycles. The molecule has 0 spiro atoms. The maximum Gasteiger partial charge on any atom is 0.121 e. The van der Waals surface area contributed by atoms with Crippen LogP contribution in [0.3, 0.4) is 0 Å². The molecule has 0 amide bonds. The van der Waals surface area contributed by atoms with Gasteiger partial charge in [0.15, 0.2) is 0 Å². The first-order chi connectivity index (χ1) is 7.77. The first-order valence-corrected chi connectivity index (χ1v) is 5.38. The van der Waals surface area contributed by atoms with E-state index >= 15 is 0 Å². The molecular weight excluding hydrogens is 208 g/mol. The van der Waals surface area contributed by atoms with Gasteiger partial charge in [0.2, 0.25) is 0 Å². The molecule has 0 heterocycles. The normalized spacial score (nSPS) is 10.6. The van der Waals surface area contributed by atoms with E-state index in [-0.39, 0.29) is 19.0 Å². The molecule has 1 aromatic carbocycles. The van der Waals surface area contributed by atoms with Crippen LogP contribution in [0.1, 0.15) is 17.5 Å². The second-order valence-corrected chi connectivity index (χ2v) is 3.56. The molecule has 0 saturated heterocycles. The lowest BCUT2D eigenvalue weighted by atomic mass is 10.1. The Labute approximate surface area is 95.1 Å². The fourth-order valence-corrected chi connectivity index (χ4v) is 1.47. The maximum absolute atomic E-state index is 9.36. The van der Waals surface area contributed by atoms with Gasteiger partial charge < -0.3 is 20.1 Å². The van der Waals surface area contributed by atoms with Crippen LogP contribution in [0, 0.1) is 0 Å². The van der Waals surface area contributed by atoms with Gasteiger partial charge in [0.1, 0.15) is 5.75 Å². The first-order valence-electron chi connectivity index (χ1n) is 5.38. The Bertz CT molecular complexity index is 312. The quantitative estimate of drug-likeness (QED) is 0.602. The standard InChI is InChI=1S/C12H18O4/c13-5-7-16-6-1-2-10-3-4-12(15)11(8-10)9-14/h3-4,8,13-15H,1-2,5-7,9H2. The number of ether oxygens (including phenoxy) is 1. The largest absolute Gasteiger partial charge is 0.508 e. The number of benzene rings is 1. The van der Waals surface area contributed by atoms with E-state index in [1.54, 1.807) is 12.1 Å². The molecular formula is C12H18O4. The molecule has 0 saturated carbocycles. The van der Waals surface area contributed by atoms with Crippen LogP contribution in [0.5, 0.6) is 5.75 Å². The van der Waals surface area contributed by atoms with Gasteiger partial charge in [0, 0.05) is 12.2 Å². The van der Waals surface area contributed by atoms with Crippen LogP contribution in [0.2, 0.25) is 0 Å². The van der Waals surface area contributed by atoms with Crippen molar-refractivity contribution < 1.29 is 20.1 Å². The molecule has 3 N–H and O–H groups in total. The Hall–Kier alpha value is -1.10. The predicted molar refractivity (Wildman–Crippen MR) is 60.3 cm³/mol. The molecule has 1 rings (SSSR count). The summed E-state index contributed by atoms with van der Waals surface area (Å²) in [5.74, 6) is 0.128. The third kappa shape index (κ3) is 4.18. The number of rotatable bonds is 7. The summed E-state index contributed by atoms with van der Waals surface area (Å²) >= 11 is 0. The van der Waals surface area contributed by atoms with E-state index in [2.05, 4.69) is 0 Å². The van der Waals surface area contributed by atoms with Gasteiger partial charge in [0.25, 0.3) is 0 Å². The Kier molecular flexibility index (Phi) is 5.85. The van der Waals surface area contributed by atoms with Crippen LogP contribution >= 0.6 is 0 Å². The van der Waals surface area contributed by atoms with E-state index in [0.29, 0.717) is 18.8 Å². The molecule has 90 valence electrons. The number of aryl methyl sites for hydroxylation is 1. The number of hydrogen-bond acceptors (Lipinski definition) is 4. The van der Waals surface area contributed by atoms with Gasteiger partial charge in [-0.15, -0.1) is 0 Å². The summed E-state index contributed by atoms with van der Waals surface area (Å²) < 4.78 is 5.14. The summed E-state index contributed by atoms with van der Waals surface area (Å²) in [6.07, 6.45) is 1.69. The van der Waals surface area contributed by atoms with E-state index in [1.165, 1.54) is 0 Å². The molecule has 0 aromatic heterocycles. The van der Waals surface area contributed by atoms with Crippen LogP contribution < -0.4 is 0 Å². The maximum atomic E-state index is 9.36. The summed E-state index contributed by atoms with van der Waals surface area (Å²) in [5, 5.41) is 26.8. The smallest absolute Gasteiger partial charge is 0.121 e. The van der Waals surface area contributed by atoms with E-state index in [0.717, 1.165) is 18.4 Å². The summed E-state index contributed by atoms with van der Waals surface area (Å²) in [4.78, 5) is 0. The van der Waals surface area contributed by atoms with Crippen LogP contribution in [0.25, 0.3) is 0 Å². The zero-order valence-corrected chi connectivity index (χ0v) is 9.22. The number of aromatic hydroxyl groups is 1. The molecule has 0 atom stereocenters. The van der Waals surface area contributed by atoms with Crippen LogP contribution in [0.15, 0.2) is 18.2 Å². The molecule has 4 nitrogen and oxygen atoms in total. The minimum absolute atomic E-state index is 0.0495. The van der Waals surface area contributed by atoms with Gasteiger partial charge in [-0.2, -0.15) is 0 Å². The van der Waals surface area contributed by atoms with E-state index < -0.39 is 0 Å². The number of aliphatic hydroxyl groups is 2. The molecule has 0 bridgehead atoms. The molecule has 16 heavy (non-hydrogen) atoms. The highest BCUT2D eigenvalue weighted by Crippen LogP contribution is 2.19. The first kappa shape index (κ1) is 13.0. The van der Waals surface area contributed by atoms with E-state index in [9.17, 15) is 5.11 Å². The van der Waals surface area contributed by atoms with Gasteiger partial charge in [-0.1, -0.05) is 6.07 Å². The van der Waals surface area contributed by atoms with Gasteiger partial charge >= 0.3 is 0 Å². The van der Waals surface area contributed by atoms with Crippen molar-refractivity contribution in [2.45, 2.75) is 19.4 Å². The number of hydrogen-bond donors (Lipinski definition) is 3. The van der Waals surface area contributed by atoms with Gasteiger partial charge in [-0.3, -0.25) is 0 Å². The van der Waals surface area contributed by atoms with Crippen molar-refractivity contribution in [3.8, 4) is 5.75 Å². The Morgan fingerprint density at radius 1 is 1.12 bits per heavy atom. The molecule has 0 aliphatic heterocycles. The third-order valence-electron chi connectivity index (χ3n) is 2.30. The van der Waals surface area contributed by atoms with E-state index in [4.69, 9.17) is 14.9 Å². The summed E-state index contributed by atoms with van der Waals surface area (Å²) in [7, 11) is 0. The molecule has 0 unspecified atom stereocenters. The SMILES string of the molecule is OCCOCCCc1ccc(O)c(CO)c1. The fourth-order valence-electron chi connectivity index (χ4n) is 1.47. The summed E-state index contributed by atoms with van der Waals surface area (Å²) in [5.41, 5.74) is 1.61. The van der Waals surface area contributed by atoms with Crippen molar-refractivity contribution in [3.63, 3.8) is 0 Å². The second-order valence-electron chi connectivity index (χ2n) is 3.56. The van der Waals surface area contributed by atoms with Crippen molar-refractivity contribution in [2.75, 3.05) is 19.8 Å². The molecule has 0 aliphatic rings. The Balaban J connectivity index is 2.36. The highest BCUT2D eigenvalue weighted by Gasteiger charge is 2.01. The third-order valence-corrected chi connectivity index (χ3v) is 2.30. The lowest BCUT2D eigenvalue weighted by molar-refractivity contribution is 0.0909. The van der Waals surface area contributed by atoms with Crippen molar-refractivity contribution in [1.82, 2.24) is 0 Å². The zero-order chi connectivity index (χ0) is 11.8. The monoisotopic (exact) mass is 226 g/mol. The Morgan fingerprint density at radius 3 is 2.62 bits per heavy atom. The Morgan fingerprint density at radius 2 is 1.94 bits per heavy atom. The average molecular weight is 226 g/mol. The summed E-state index contributed by atoms with van der Waals surface area (Å²) in [6, 6.07) is 5.22. The predicted octanol–water partition coefficient (Wildman–Crippen LogP) is 0.826. The zero-order valence-electron chi connectivity index (χ0n) is 9.22. The van der Waals surface area contributed by atoms with E-state index in [1.807, 2.05) is 6.07 Å². The number of aliphatic hydroxyl groups excluding tert-OH is 2. The highest BCUT2D eigenvalue weighted by molar-refractivity contribution is 5.35. The lowest BCUT2D eigenvalue weighted by Gasteiger charge is -2.06. The van der Waals surface area contributed by atoms with Crippen molar-refractivity contribution in [3.05, 3.63) is 29.3 Å². The second kappa shape index (κ2) is 7.22. The van der Waals surface area contributed by atoms with Crippen molar-refractivity contribution >= 4 is 0 Å². The topological polar surface area (TPSA) is 69.9 Å². The molecule has 4 heteroatoms. The average Bonchev–Trinajstić information content (AvgIpc) is 2.31. The fraction of sp³-hybridized carbons (Fsp3) is 0.500. The summed E-state index contributed by atoms with van der Waals surface area (Å²) in [6.45, 7) is 0.877. The molecule has 0 fully saturated rings. The molecule has 0 radical (unpaired) electrons. The van der Waals surface area contributed by atoms with Gasteiger partial charge in [0.05, 0.1) is 19.8 Å². The minimum atomic E-state index is -0.152.